The van der Waals surface area contributed by atoms with Crippen LogP contribution in [0.25, 0.3) is 10.8 Å². The average molecular weight is 251 g/mol. The molecular weight excluding hydrogens is 242 g/mol. The van der Waals surface area contributed by atoms with Gasteiger partial charge in [-0.1, -0.05) is 30.3 Å². The lowest BCUT2D eigenvalue weighted by atomic mass is 10.1. The van der Waals surface area contributed by atoms with Gasteiger partial charge in [-0.15, -0.1) is 0 Å². The van der Waals surface area contributed by atoms with Crippen LogP contribution >= 0.6 is 0 Å². The van der Waals surface area contributed by atoms with Crippen LogP contribution < -0.4 is 5.14 Å². The summed E-state index contributed by atoms with van der Waals surface area (Å²) in [6.07, 6.45) is 0. The van der Waals surface area contributed by atoms with E-state index in [1.165, 1.54) is 12.1 Å². The first kappa shape index (κ1) is 11.6. The van der Waals surface area contributed by atoms with E-state index in [0.717, 1.165) is 0 Å². The molecule has 0 saturated heterocycles. The van der Waals surface area contributed by atoms with Crippen molar-refractivity contribution in [2.24, 2.45) is 5.14 Å². The Balaban J connectivity index is 3.00. The van der Waals surface area contributed by atoms with Crippen LogP contribution in [0.5, 0.6) is 0 Å². The number of carbonyl (C=O) groups is 1. The lowest BCUT2D eigenvalue weighted by molar-refractivity contribution is 0.0693. The van der Waals surface area contributed by atoms with Gasteiger partial charge >= 0.3 is 5.97 Å². The number of nitrogens with two attached hydrogens (primary N) is 1. The lowest BCUT2D eigenvalue weighted by Crippen LogP contribution is -2.17. The zero-order chi connectivity index (χ0) is 12.6. The molecule has 0 amide bonds. The van der Waals surface area contributed by atoms with Gasteiger partial charge in [-0.05, 0) is 11.5 Å². The third-order valence-electron chi connectivity index (χ3n) is 2.39. The Morgan fingerprint density at radius 2 is 1.76 bits per heavy atom. The first-order valence-corrected chi connectivity index (χ1v) is 6.24. The highest BCUT2D eigenvalue weighted by molar-refractivity contribution is 7.89. The smallest absolute Gasteiger partial charge is 0.337 e. The number of hydrogen-bond acceptors (Lipinski definition) is 3. The Hall–Kier alpha value is -1.92. The Kier molecular flexibility index (Phi) is 2.60. The Morgan fingerprint density at radius 1 is 1.12 bits per heavy atom. The molecule has 88 valence electrons. The Labute approximate surface area is 97.5 Å². The van der Waals surface area contributed by atoms with Gasteiger partial charge in [-0.3, -0.25) is 0 Å². The second-order valence-corrected chi connectivity index (χ2v) is 5.01. The molecule has 0 atom stereocenters. The minimum absolute atomic E-state index is 0.314. The molecule has 0 bridgehead atoms. The van der Waals surface area contributed by atoms with Crippen LogP contribution in [0.4, 0.5) is 0 Å². The SMILES string of the molecule is NS(=O)(=O)c1c(C(=O)O)ccc2ccccc12. The molecule has 2 aromatic rings. The Morgan fingerprint density at radius 3 is 2.35 bits per heavy atom. The monoisotopic (exact) mass is 251 g/mol. The van der Waals surface area contributed by atoms with E-state index in [1.807, 2.05) is 0 Å². The number of fused-ring (bicyclic) bond motifs is 1. The number of primary sulfonamides is 1. The van der Waals surface area contributed by atoms with E-state index in [-0.39, 0.29) is 10.5 Å². The molecule has 0 saturated carbocycles. The van der Waals surface area contributed by atoms with Crippen LogP contribution in [0.15, 0.2) is 41.3 Å². The van der Waals surface area contributed by atoms with Gasteiger partial charge in [-0.25, -0.2) is 18.4 Å². The predicted octanol–water partition coefficient (Wildman–Crippen LogP) is 1.19. The van der Waals surface area contributed by atoms with E-state index < -0.39 is 16.0 Å². The largest absolute Gasteiger partial charge is 0.478 e. The number of hydrogen-bond donors (Lipinski definition) is 2. The number of sulfonamides is 1. The van der Waals surface area contributed by atoms with Crippen LogP contribution in [-0.4, -0.2) is 19.5 Å². The molecule has 17 heavy (non-hydrogen) atoms. The van der Waals surface area contributed by atoms with Gasteiger partial charge in [-0.2, -0.15) is 0 Å². The second-order valence-electron chi connectivity index (χ2n) is 3.51. The van der Waals surface area contributed by atoms with E-state index in [0.29, 0.717) is 10.8 Å². The van der Waals surface area contributed by atoms with E-state index in [4.69, 9.17) is 10.2 Å². The molecule has 0 unspecified atom stereocenters. The van der Waals surface area contributed by atoms with Gasteiger partial charge < -0.3 is 5.11 Å². The molecule has 6 heteroatoms. The summed E-state index contributed by atoms with van der Waals surface area (Å²) in [4.78, 5) is 10.6. The highest BCUT2D eigenvalue weighted by Gasteiger charge is 2.21. The van der Waals surface area contributed by atoms with Crippen molar-refractivity contribution >= 4 is 26.8 Å². The maximum absolute atomic E-state index is 11.5. The van der Waals surface area contributed by atoms with Crippen LogP contribution in [0.2, 0.25) is 0 Å². The van der Waals surface area contributed by atoms with E-state index in [9.17, 15) is 13.2 Å². The molecular formula is C11H9NO4S. The van der Waals surface area contributed by atoms with Crippen molar-refractivity contribution in [3.05, 3.63) is 42.0 Å². The molecule has 0 aromatic heterocycles. The third-order valence-corrected chi connectivity index (χ3v) is 3.40. The highest BCUT2D eigenvalue weighted by atomic mass is 32.2. The summed E-state index contributed by atoms with van der Waals surface area (Å²) < 4.78 is 23.0. The van der Waals surface area contributed by atoms with Crippen LogP contribution in [0, 0.1) is 0 Å². The molecule has 3 N–H and O–H groups in total. The maximum Gasteiger partial charge on any atom is 0.337 e. The van der Waals surface area contributed by atoms with Gasteiger partial charge in [0.05, 0.1) is 5.56 Å². The summed E-state index contributed by atoms with van der Waals surface area (Å²) in [6, 6.07) is 9.37. The minimum Gasteiger partial charge on any atom is -0.478 e. The zero-order valence-electron chi connectivity index (χ0n) is 8.62. The zero-order valence-corrected chi connectivity index (χ0v) is 9.44. The first-order chi connectivity index (χ1) is 7.91. The predicted molar refractivity (Wildman–Crippen MR) is 62.3 cm³/mol. The fraction of sp³-hybridized carbons (Fsp3) is 0. The van der Waals surface area contributed by atoms with E-state index in [2.05, 4.69) is 0 Å². The lowest BCUT2D eigenvalue weighted by Gasteiger charge is -2.07. The van der Waals surface area contributed by atoms with Gasteiger partial charge in [0.25, 0.3) is 0 Å². The number of carboxylic acid groups (broad SMARTS) is 1. The summed E-state index contributed by atoms with van der Waals surface area (Å²) >= 11 is 0. The summed E-state index contributed by atoms with van der Waals surface area (Å²) in [5.74, 6) is -1.32. The number of benzene rings is 2. The number of rotatable bonds is 2. The molecule has 0 aliphatic heterocycles. The van der Waals surface area contributed by atoms with E-state index >= 15 is 0 Å². The van der Waals surface area contributed by atoms with Crippen molar-refractivity contribution in [3.63, 3.8) is 0 Å². The standard InChI is InChI=1S/C11H9NO4S/c12-17(15,16)10-8-4-2-1-3-7(8)5-6-9(10)11(13)14/h1-6H,(H,13,14)(H2,12,15,16). The third kappa shape index (κ3) is 2.00. The van der Waals surface area contributed by atoms with E-state index in [1.54, 1.807) is 24.3 Å². The quantitative estimate of drug-likeness (QED) is 0.837. The van der Waals surface area contributed by atoms with Crippen LogP contribution in [0.1, 0.15) is 10.4 Å². The fourth-order valence-electron chi connectivity index (χ4n) is 1.72. The fourth-order valence-corrected chi connectivity index (χ4v) is 2.67. The summed E-state index contributed by atoms with van der Waals surface area (Å²) in [5.41, 5.74) is -0.314. The molecule has 0 radical (unpaired) electrons. The second kappa shape index (κ2) is 3.83. The van der Waals surface area contributed by atoms with Crippen molar-refractivity contribution in [2.45, 2.75) is 4.90 Å². The highest BCUT2D eigenvalue weighted by Crippen LogP contribution is 2.25. The van der Waals surface area contributed by atoms with Gasteiger partial charge in [0.1, 0.15) is 4.90 Å². The van der Waals surface area contributed by atoms with Gasteiger partial charge in [0, 0.05) is 5.39 Å². The average Bonchev–Trinajstić information content (AvgIpc) is 2.26. The molecule has 5 nitrogen and oxygen atoms in total. The summed E-state index contributed by atoms with van der Waals surface area (Å²) in [5, 5.41) is 15.0. The topological polar surface area (TPSA) is 97.5 Å². The van der Waals surface area contributed by atoms with Gasteiger partial charge in [0.15, 0.2) is 0 Å². The Bertz CT molecular complexity index is 706. The van der Waals surface area contributed by atoms with Crippen LogP contribution in [0.3, 0.4) is 0 Å². The van der Waals surface area contributed by atoms with Crippen molar-refractivity contribution < 1.29 is 18.3 Å². The molecule has 0 spiro atoms. The van der Waals surface area contributed by atoms with Crippen molar-refractivity contribution in [1.29, 1.82) is 0 Å². The van der Waals surface area contributed by atoms with Gasteiger partial charge in [0.2, 0.25) is 10.0 Å². The summed E-state index contributed by atoms with van der Waals surface area (Å²) in [7, 11) is -4.09. The molecule has 2 rings (SSSR count). The maximum atomic E-state index is 11.5. The molecule has 2 aromatic carbocycles. The van der Waals surface area contributed by atoms with Crippen molar-refractivity contribution in [2.75, 3.05) is 0 Å². The normalized spacial score (nSPS) is 11.6. The molecule has 0 fully saturated rings. The minimum atomic E-state index is -4.09. The number of carboxylic acids is 1. The first-order valence-electron chi connectivity index (χ1n) is 4.69. The van der Waals surface area contributed by atoms with Crippen molar-refractivity contribution in [1.82, 2.24) is 0 Å². The summed E-state index contributed by atoms with van der Waals surface area (Å²) in [6.45, 7) is 0. The number of aromatic carboxylic acids is 1. The molecule has 0 aliphatic rings. The molecule has 0 aliphatic carbocycles. The molecule has 0 heterocycles. The van der Waals surface area contributed by atoms with Crippen LogP contribution in [-0.2, 0) is 10.0 Å². The van der Waals surface area contributed by atoms with Crippen molar-refractivity contribution in [3.8, 4) is 0 Å².